The molecule has 0 N–H and O–H groups in total. The second kappa shape index (κ2) is 11.0. The normalized spacial score (nSPS) is 17.2. The molecule has 3 aromatic carbocycles. The highest BCUT2D eigenvalue weighted by Gasteiger charge is 2.25. The average Bonchev–Trinajstić information content (AvgIpc) is 2.78. The first-order chi connectivity index (χ1) is 15.6. The quantitative estimate of drug-likeness (QED) is 0.302. The summed E-state index contributed by atoms with van der Waals surface area (Å²) < 4.78 is 2.03. The van der Waals surface area contributed by atoms with Gasteiger partial charge in [0.15, 0.2) is 5.78 Å². The van der Waals surface area contributed by atoms with Crippen LogP contribution in [-0.4, -0.2) is 30.3 Å². The second-order valence-corrected chi connectivity index (χ2v) is 9.91. The summed E-state index contributed by atoms with van der Waals surface area (Å²) in [6.45, 7) is 2.31. The SMILES string of the molecule is O=C1/C(=C/c2cccc(Br)c2)CN(CCCc2ccccc2)C/C1=C\c1cccc(Br)c1. The maximum Gasteiger partial charge on any atom is 0.187 e. The van der Waals surface area contributed by atoms with E-state index in [4.69, 9.17) is 0 Å². The number of hydrogen-bond acceptors (Lipinski definition) is 2. The summed E-state index contributed by atoms with van der Waals surface area (Å²) in [7, 11) is 0. The Labute approximate surface area is 206 Å². The Bertz CT molecular complexity index is 1080. The first kappa shape index (κ1) is 22.9. The Kier molecular flexibility index (Phi) is 7.90. The molecule has 162 valence electrons. The van der Waals surface area contributed by atoms with E-state index >= 15 is 0 Å². The Balaban J connectivity index is 1.57. The number of piperidine rings is 1. The van der Waals surface area contributed by atoms with E-state index < -0.39 is 0 Å². The number of halogens is 2. The van der Waals surface area contributed by atoms with Gasteiger partial charge in [0.1, 0.15) is 0 Å². The van der Waals surface area contributed by atoms with Crippen molar-refractivity contribution >= 4 is 49.8 Å². The number of carbonyl (C=O) groups is 1. The standard InChI is InChI=1S/C28H25Br2NO/c29-26-12-4-9-22(17-26)15-24-19-31(14-6-11-21-7-2-1-3-8-21)20-25(28(24)32)16-23-10-5-13-27(30)18-23/h1-5,7-10,12-13,15-18H,6,11,14,19-20H2/b24-15+,25-16+. The third kappa shape index (κ3) is 6.38. The van der Waals surface area contributed by atoms with E-state index in [1.165, 1.54) is 5.56 Å². The first-order valence-electron chi connectivity index (χ1n) is 10.8. The Morgan fingerprint density at radius 2 is 1.31 bits per heavy atom. The lowest BCUT2D eigenvalue weighted by Crippen LogP contribution is -2.38. The summed E-state index contributed by atoms with van der Waals surface area (Å²) in [6, 6.07) is 26.8. The molecule has 0 bridgehead atoms. The molecule has 0 aliphatic carbocycles. The lowest BCUT2D eigenvalue weighted by atomic mass is 9.94. The zero-order chi connectivity index (χ0) is 22.3. The van der Waals surface area contributed by atoms with Crippen LogP contribution >= 0.6 is 31.9 Å². The smallest absolute Gasteiger partial charge is 0.187 e. The molecule has 32 heavy (non-hydrogen) atoms. The van der Waals surface area contributed by atoms with E-state index in [1.54, 1.807) is 0 Å². The van der Waals surface area contributed by atoms with E-state index in [0.29, 0.717) is 13.1 Å². The van der Waals surface area contributed by atoms with Crippen LogP contribution in [0.5, 0.6) is 0 Å². The van der Waals surface area contributed by atoms with Crippen molar-refractivity contribution in [2.75, 3.05) is 19.6 Å². The molecule has 0 atom stereocenters. The van der Waals surface area contributed by atoms with Crippen molar-refractivity contribution < 1.29 is 4.79 Å². The van der Waals surface area contributed by atoms with Crippen molar-refractivity contribution in [3.05, 3.63) is 116 Å². The third-order valence-corrected chi connectivity index (χ3v) is 6.52. The van der Waals surface area contributed by atoms with E-state index in [0.717, 1.165) is 50.6 Å². The Morgan fingerprint density at radius 1 is 0.750 bits per heavy atom. The van der Waals surface area contributed by atoms with Crippen LogP contribution in [0.2, 0.25) is 0 Å². The van der Waals surface area contributed by atoms with Gasteiger partial charge in [-0.15, -0.1) is 0 Å². The maximum absolute atomic E-state index is 13.4. The van der Waals surface area contributed by atoms with Gasteiger partial charge in [0.2, 0.25) is 0 Å². The molecular formula is C28H25Br2NO. The monoisotopic (exact) mass is 549 g/mol. The van der Waals surface area contributed by atoms with Crippen LogP contribution in [0.15, 0.2) is 99.0 Å². The highest BCUT2D eigenvalue weighted by atomic mass is 79.9. The number of nitrogens with zero attached hydrogens (tertiary/aromatic N) is 1. The van der Waals surface area contributed by atoms with Gasteiger partial charge in [0, 0.05) is 33.2 Å². The van der Waals surface area contributed by atoms with Crippen molar-refractivity contribution in [2.24, 2.45) is 0 Å². The summed E-state index contributed by atoms with van der Waals surface area (Å²) in [5, 5.41) is 0. The van der Waals surface area contributed by atoms with Crippen LogP contribution in [0.3, 0.4) is 0 Å². The summed E-state index contributed by atoms with van der Waals surface area (Å²) in [4.78, 5) is 15.7. The van der Waals surface area contributed by atoms with Crippen molar-refractivity contribution in [3.8, 4) is 0 Å². The molecule has 1 heterocycles. The van der Waals surface area contributed by atoms with Gasteiger partial charge >= 0.3 is 0 Å². The summed E-state index contributed by atoms with van der Waals surface area (Å²) in [5.74, 6) is 0.143. The number of carbonyl (C=O) groups excluding carboxylic acids is 1. The molecule has 1 aliphatic heterocycles. The Hall–Kier alpha value is -2.27. The van der Waals surface area contributed by atoms with E-state index in [9.17, 15) is 4.79 Å². The molecule has 0 unspecified atom stereocenters. The topological polar surface area (TPSA) is 20.3 Å². The van der Waals surface area contributed by atoms with Crippen LogP contribution in [0.4, 0.5) is 0 Å². The zero-order valence-electron chi connectivity index (χ0n) is 17.8. The number of likely N-dealkylation sites (tertiary alicyclic amines) is 1. The minimum absolute atomic E-state index is 0.143. The van der Waals surface area contributed by atoms with Gasteiger partial charge < -0.3 is 0 Å². The first-order valence-corrected chi connectivity index (χ1v) is 12.4. The number of aryl methyl sites for hydroxylation is 1. The molecule has 0 spiro atoms. The van der Waals surface area contributed by atoms with Gasteiger partial charge in [0.05, 0.1) is 0 Å². The molecule has 0 aromatic heterocycles. The molecule has 4 heteroatoms. The van der Waals surface area contributed by atoms with Crippen LogP contribution in [-0.2, 0) is 11.2 Å². The van der Waals surface area contributed by atoms with Gasteiger partial charge in [-0.1, -0.05) is 86.5 Å². The van der Waals surface area contributed by atoms with E-state index in [1.807, 2.05) is 60.7 Å². The largest absolute Gasteiger partial charge is 0.295 e. The number of rotatable bonds is 6. The summed E-state index contributed by atoms with van der Waals surface area (Å²) >= 11 is 7.07. The lowest BCUT2D eigenvalue weighted by molar-refractivity contribution is -0.113. The average molecular weight is 551 g/mol. The minimum Gasteiger partial charge on any atom is -0.295 e. The van der Waals surface area contributed by atoms with Crippen LogP contribution in [0.1, 0.15) is 23.1 Å². The summed E-state index contributed by atoms with van der Waals surface area (Å²) in [5.41, 5.74) is 5.12. The van der Waals surface area contributed by atoms with Crippen molar-refractivity contribution in [3.63, 3.8) is 0 Å². The molecule has 1 fully saturated rings. The fourth-order valence-electron chi connectivity index (χ4n) is 4.01. The minimum atomic E-state index is 0.143. The van der Waals surface area contributed by atoms with Crippen LogP contribution < -0.4 is 0 Å². The van der Waals surface area contributed by atoms with Gasteiger partial charge in [-0.2, -0.15) is 0 Å². The van der Waals surface area contributed by atoms with E-state index in [2.05, 4.69) is 67.1 Å². The van der Waals surface area contributed by atoms with Gasteiger partial charge in [-0.25, -0.2) is 0 Å². The maximum atomic E-state index is 13.4. The number of benzene rings is 3. The highest BCUT2D eigenvalue weighted by Crippen LogP contribution is 2.24. The van der Waals surface area contributed by atoms with Gasteiger partial charge in [-0.3, -0.25) is 9.69 Å². The predicted octanol–water partition coefficient (Wildman–Crippen LogP) is 7.20. The number of ketones is 1. The zero-order valence-corrected chi connectivity index (χ0v) is 21.0. The molecule has 4 rings (SSSR count). The predicted molar refractivity (Wildman–Crippen MR) is 140 cm³/mol. The van der Waals surface area contributed by atoms with E-state index in [-0.39, 0.29) is 5.78 Å². The molecule has 0 amide bonds. The van der Waals surface area contributed by atoms with Crippen molar-refractivity contribution in [2.45, 2.75) is 12.8 Å². The molecule has 0 saturated carbocycles. The van der Waals surface area contributed by atoms with Crippen molar-refractivity contribution in [1.29, 1.82) is 0 Å². The van der Waals surface area contributed by atoms with Crippen LogP contribution in [0, 0.1) is 0 Å². The Morgan fingerprint density at radius 3 is 1.84 bits per heavy atom. The highest BCUT2D eigenvalue weighted by molar-refractivity contribution is 9.10. The molecule has 1 aliphatic rings. The fourth-order valence-corrected chi connectivity index (χ4v) is 4.85. The lowest BCUT2D eigenvalue weighted by Gasteiger charge is -2.30. The number of Topliss-reactive ketones (excluding diaryl/α,β-unsaturated/α-hetero) is 1. The molecule has 2 nitrogen and oxygen atoms in total. The van der Waals surface area contributed by atoms with Crippen molar-refractivity contribution in [1.82, 2.24) is 4.90 Å². The molecule has 0 radical (unpaired) electrons. The van der Waals surface area contributed by atoms with Gasteiger partial charge in [0.25, 0.3) is 0 Å². The molecule has 3 aromatic rings. The fraction of sp³-hybridized carbons (Fsp3) is 0.179. The number of hydrogen-bond donors (Lipinski definition) is 0. The third-order valence-electron chi connectivity index (χ3n) is 5.53. The second-order valence-electron chi connectivity index (χ2n) is 8.08. The summed E-state index contributed by atoms with van der Waals surface area (Å²) in [6.07, 6.45) is 6.17. The van der Waals surface area contributed by atoms with Gasteiger partial charge in [-0.05, 0) is 72.5 Å². The van der Waals surface area contributed by atoms with Crippen LogP contribution in [0.25, 0.3) is 12.2 Å². The molecule has 1 saturated heterocycles. The molecular weight excluding hydrogens is 526 g/mol.